The fourth-order valence-corrected chi connectivity index (χ4v) is 6.73. The zero-order valence-corrected chi connectivity index (χ0v) is 23.4. The van der Waals surface area contributed by atoms with Crippen molar-refractivity contribution in [1.82, 2.24) is 5.06 Å². The smallest absolute Gasteiger partial charge is 0.172 e. The average Bonchev–Trinajstić information content (AvgIpc) is 3.49. The molecule has 6 rings (SSSR count). The van der Waals surface area contributed by atoms with Crippen LogP contribution in [0, 0.1) is 0 Å². The fraction of sp³-hybridized carbons (Fsp3) is 0.355. The third-order valence-electron chi connectivity index (χ3n) is 7.49. The van der Waals surface area contributed by atoms with Crippen molar-refractivity contribution in [3.8, 4) is 28.4 Å². The van der Waals surface area contributed by atoms with Gasteiger partial charge in [0.2, 0.25) is 0 Å². The van der Waals surface area contributed by atoms with Gasteiger partial charge in [0.05, 0.1) is 18.2 Å². The van der Waals surface area contributed by atoms with Crippen LogP contribution in [-0.2, 0) is 11.4 Å². The van der Waals surface area contributed by atoms with Crippen LogP contribution in [0.1, 0.15) is 61.4 Å². The van der Waals surface area contributed by atoms with Crippen LogP contribution in [0.3, 0.4) is 0 Å². The van der Waals surface area contributed by atoms with Gasteiger partial charge in [0.15, 0.2) is 11.5 Å². The first-order valence-corrected chi connectivity index (χ1v) is 14.0. The van der Waals surface area contributed by atoms with Gasteiger partial charge in [0.25, 0.3) is 0 Å². The number of aromatic hydroxyl groups is 1. The van der Waals surface area contributed by atoms with Crippen LogP contribution in [0.5, 0.6) is 17.2 Å². The quantitative estimate of drug-likeness (QED) is 0.355. The molecule has 3 aliphatic heterocycles. The second-order valence-corrected chi connectivity index (χ2v) is 12.1. The minimum absolute atomic E-state index is 0.0905. The van der Waals surface area contributed by atoms with E-state index in [0.29, 0.717) is 24.1 Å². The molecule has 1 aromatic heterocycles. The molecule has 198 valence electrons. The molecule has 3 aliphatic rings. The summed E-state index contributed by atoms with van der Waals surface area (Å²) >= 11 is 1.71. The van der Waals surface area contributed by atoms with E-state index in [1.807, 2.05) is 0 Å². The predicted molar refractivity (Wildman–Crippen MR) is 154 cm³/mol. The molecular weight excluding hydrogens is 496 g/mol. The SMILES string of the molecule is COc1c(O)ccc2c1-c1ccc3c(c1/C(=C/c1ccc(CON4CCCC4C)s1)O2)C(C)=CC(C)(C)N3. The molecule has 3 aromatic rings. The third-order valence-corrected chi connectivity index (χ3v) is 8.50. The van der Waals surface area contributed by atoms with E-state index < -0.39 is 0 Å². The number of nitrogens with one attached hydrogen (secondary N) is 1. The van der Waals surface area contributed by atoms with Crippen LogP contribution < -0.4 is 14.8 Å². The number of anilines is 1. The average molecular weight is 531 g/mol. The lowest BCUT2D eigenvalue weighted by atomic mass is 9.83. The molecule has 6 nitrogen and oxygen atoms in total. The molecule has 1 saturated heterocycles. The van der Waals surface area contributed by atoms with Crippen LogP contribution in [0.15, 0.2) is 42.5 Å². The van der Waals surface area contributed by atoms with E-state index in [9.17, 15) is 5.11 Å². The number of rotatable bonds is 5. The predicted octanol–water partition coefficient (Wildman–Crippen LogP) is 7.54. The van der Waals surface area contributed by atoms with Gasteiger partial charge in [0, 0.05) is 44.7 Å². The summed E-state index contributed by atoms with van der Waals surface area (Å²) in [6.45, 7) is 10.3. The Kier molecular flexibility index (Phi) is 6.25. The van der Waals surface area contributed by atoms with Crippen molar-refractivity contribution in [3.05, 3.63) is 63.4 Å². The Labute approximate surface area is 228 Å². The summed E-state index contributed by atoms with van der Waals surface area (Å²) in [5.74, 6) is 1.94. The summed E-state index contributed by atoms with van der Waals surface area (Å²) in [5.41, 5.74) is 5.92. The second-order valence-electron chi connectivity index (χ2n) is 10.9. The molecule has 0 bridgehead atoms. The first-order valence-electron chi connectivity index (χ1n) is 13.2. The van der Waals surface area contributed by atoms with Crippen LogP contribution in [0.4, 0.5) is 5.69 Å². The van der Waals surface area contributed by atoms with E-state index in [2.05, 4.69) is 74.5 Å². The molecule has 4 heterocycles. The number of phenols is 1. The summed E-state index contributed by atoms with van der Waals surface area (Å²) in [5, 5.41) is 16.3. The van der Waals surface area contributed by atoms with E-state index in [4.69, 9.17) is 14.3 Å². The van der Waals surface area contributed by atoms with Gasteiger partial charge < -0.3 is 19.9 Å². The summed E-state index contributed by atoms with van der Waals surface area (Å²) in [6, 6.07) is 12.4. The number of allylic oxidation sites excluding steroid dienone is 1. The van der Waals surface area contributed by atoms with Crippen molar-refractivity contribution < 1.29 is 19.4 Å². The van der Waals surface area contributed by atoms with Crippen molar-refractivity contribution >= 4 is 34.4 Å². The lowest BCUT2D eigenvalue weighted by molar-refractivity contribution is -0.174. The topological polar surface area (TPSA) is 63.2 Å². The van der Waals surface area contributed by atoms with E-state index in [1.165, 1.54) is 23.3 Å². The Morgan fingerprint density at radius 1 is 1.16 bits per heavy atom. The maximum absolute atomic E-state index is 10.6. The van der Waals surface area contributed by atoms with Crippen LogP contribution in [0.25, 0.3) is 28.5 Å². The Hall–Kier alpha value is -3.26. The zero-order valence-electron chi connectivity index (χ0n) is 22.6. The van der Waals surface area contributed by atoms with Crippen molar-refractivity contribution in [2.75, 3.05) is 19.0 Å². The molecule has 7 heteroatoms. The number of thiophene rings is 1. The summed E-state index contributed by atoms with van der Waals surface area (Å²) < 4.78 is 12.2. The Balaban J connectivity index is 1.44. The van der Waals surface area contributed by atoms with Gasteiger partial charge in [-0.05, 0) is 82.5 Å². The summed E-state index contributed by atoms with van der Waals surface area (Å²) in [6.07, 6.45) is 6.74. The number of hydrogen-bond donors (Lipinski definition) is 2. The van der Waals surface area contributed by atoms with Crippen LogP contribution in [0.2, 0.25) is 0 Å². The molecule has 0 saturated carbocycles. The maximum Gasteiger partial charge on any atom is 0.172 e. The summed E-state index contributed by atoms with van der Waals surface area (Å²) in [7, 11) is 1.58. The van der Waals surface area contributed by atoms with Crippen LogP contribution >= 0.6 is 11.3 Å². The van der Waals surface area contributed by atoms with Gasteiger partial charge >= 0.3 is 0 Å². The largest absolute Gasteiger partial charge is 0.504 e. The highest BCUT2D eigenvalue weighted by molar-refractivity contribution is 7.12. The minimum Gasteiger partial charge on any atom is -0.504 e. The van der Waals surface area contributed by atoms with Crippen molar-refractivity contribution in [2.45, 2.75) is 58.7 Å². The number of phenolic OH excluding ortho intramolecular Hbond substituents is 1. The van der Waals surface area contributed by atoms with Gasteiger partial charge in [-0.2, -0.15) is 5.06 Å². The first kappa shape index (κ1) is 25.0. The van der Waals surface area contributed by atoms with Crippen molar-refractivity contribution in [1.29, 1.82) is 0 Å². The molecule has 38 heavy (non-hydrogen) atoms. The molecule has 0 spiro atoms. The number of nitrogens with zero attached hydrogens (tertiary/aromatic N) is 1. The highest BCUT2D eigenvalue weighted by Crippen LogP contribution is 2.54. The standard InChI is InChI=1S/C31H34N2O4S/c1-18-16-31(3,4)32-23-11-10-22-28(27(18)23)26(37-25-13-12-24(34)30(35-5)29(22)25)15-20-8-9-21(38-20)17-36-33-14-6-7-19(33)2/h8-13,15-16,19,32,34H,6-7,14,17H2,1-5H3/b26-15-. The number of methoxy groups -OCH3 is 1. The number of hydrogen-bond acceptors (Lipinski definition) is 7. The normalized spacial score (nSPS) is 20.7. The molecule has 0 aliphatic carbocycles. The number of hydroxylamine groups is 2. The van der Waals surface area contributed by atoms with E-state index in [-0.39, 0.29) is 11.3 Å². The summed E-state index contributed by atoms with van der Waals surface area (Å²) in [4.78, 5) is 8.36. The van der Waals surface area contributed by atoms with Gasteiger partial charge in [-0.25, -0.2) is 0 Å². The molecule has 2 aromatic carbocycles. The van der Waals surface area contributed by atoms with E-state index in [1.54, 1.807) is 30.6 Å². The second kappa shape index (κ2) is 9.49. The highest BCUT2D eigenvalue weighted by atomic mass is 32.1. The molecule has 2 N–H and O–H groups in total. The van der Waals surface area contributed by atoms with E-state index in [0.717, 1.165) is 45.1 Å². The highest BCUT2D eigenvalue weighted by Gasteiger charge is 2.33. The first-order chi connectivity index (χ1) is 18.2. The Morgan fingerprint density at radius 3 is 2.76 bits per heavy atom. The number of benzene rings is 2. The third kappa shape index (κ3) is 4.38. The molecule has 1 fully saturated rings. The van der Waals surface area contributed by atoms with Gasteiger partial charge in [-0.1, -0.05) is 12.1 Å². The van der Waals surface area contributed by atoms with Gasteiger partial charge in [0.1, 0.15) is 18.1 Å². The Bertz CT molecular complexity index is 1470. The monoisotopic (exact) mass is 530 g/mol. The number of fused-ring (bicyclic) bond motifs is 5. The van der Waals surface area contributed by atoms with E-state index >= 15 is 0 Å². The lowest BCUT2D eigenvalue weighted by Crippen LogP contribution is -2.32. The van der Waals surface area contributed by atoms with Gasteiger partial charge in [-0.3, -0.25) is 4.84 Å². The lowest BCUT2D eigenvalue weighted by Gasteiger charge is -2.35. The molecule has 1 atom stereocenters. The molecule has 1 unspecified atom stereocenters. The number of ether oxygens (including phenoxy) is 2. The van der Waals surface area contributed by atoms with Crippen molar-refractivity contribution in [3.63, 3.8) is 0 Å². The molecule has 0 amide bonds. The van der Waals surface area contributed by atoms with Gasteiger partial charge in [-0.15, -0.1) is 11.3 Å². The molecule has 0 radical (unpaired) electrons. The minimum atomic E-state index is -0.159. The maximum atomic E-state index is 10.6. The Morgan fingerprint density at radius 2 is 2.00 bits per heavy atom. The zero-order chi connectivity index (χ0) is 26.6. The fourth-order valence-electron chi connectivity index (χ4n) is 5.87. The molecular formula is C31H34N2O4S. The van der Waals surface area contributed by atoms with Crippen molar-refractivity contribution in [2.24, 2.45) is 0 Å². The van der Waals surface area contributed by atoms with Crippen LogP contribution in [-0.4, -0.2) is 35.4 Å².